The third-order valence-electron chi connectivity index (χ3n) is 4.84. The molecule has 0 aliphatic carbocycles. The highest BCUT2D eigenvalue weighted by Crippen LogP contribution is 2.29. The summed E-state index contributed by atoms with van der Waals surface area (Å²) in [7, 11) is 0. The fourth-order valence-corrected chi connectivity index (χ4v) is 4.56. The van der Waals surface area contributed by atoms with Crippen LogP contribution >= 0.6 is 35.0 Å². The Balaban J connectivity index is 1.48. The van der Waals surface area contributed by atoms with Crippen molar-refractivity contribution in [2.75, 3.05) is 0 Å². The number of fused-ring (bicyclic) bond motifs is 1. The molecule has 0 aliphatic heterocycles. The van der Waals surface area contributed by atoms with E-state index in [0.29, 0.717) is 44.3 Å². The highest BCUT2D eigenvalue weighted by Gasteiger charge is 2.18. The lowest BCUT2D eigenvalue weighted by atomic mass is 10.1. The van der Waals surface area contributed by atoms with Crippen LogP contribution in [0.3, 0.4) is 0 Å². The van der Waals surface area contributed by atoms with Crippen molar-refractivity contribution in [2.24, 2.45) is 0 Å². The minimum Gasteiger partial charge on any atom is -0.409 e. The summed E-state index contributed by atoms with van der Waals surface area (Å²) in [6.07, 6.45) is 0. The van der Waals surface area contributed by atoms with Crippen molar-refractivity contribution < 1.29 is 4.42 Å². The first kappa shape index (κ1) is 21.6. The van der Waals surface area contributed by atoms with Gasteiger partial charge in [0.05, 0.1) is 11.9 Å². The molecule has 0 fully saturated rings. The number of hydrogen-bond acceptors (Lipinski definition) is 7. The zero-order valence-corrected chi connectivity index (χ0v) is 19.3. The predicted molar refractivity (Wildman–Crippen MR) is 129 cm³/mol. The molecule has 3 heterocycles. The van der Waals surface area contributed by atoms with E-state index >= 15 is 0 Å². The molecule has 0 saturated carbocycles. The Labute approximate surface area is 202 Å². The lowest BCUT2D eigenvalue weighted by Gasteiger charge is -2.09. The topological polar surface area (TPSA) is 86.7 Å². The maximum absolute atomic E-state index is 13.0. The molecule has 5 rings (SSSR count). The van der Waals surface area contributed by atoms with E-state index in [0.717, 1.165) is 11.1 Å². The number of benzene rings is 2. The number of nitrogens with zero attached hydrogens (tertiary/aromatic N) is 5. The van der Waals surface area contributed by atoms with Gasteiger partial charge in [-0.05, 0) is 29.3 Å². The van der Waals surface area contributed by atoms with Gasteiger partial charge in [0.15, 0.2) is 5.69 Å². The lowest BCUT2D eigenvalue weighted by molar-refractivity contribution is 0.462. The average molecular weight is 496 g/mol. The maximum Gasteiger partial charge on any atom is 0.277 e. The molecular weight excluding hydrogens is 481 g/mol. The van der Waals surface area contributed by atoms with Crippen molar-refractivity contribution in [3.63, 3.8) is 0 Å². The number of hydrogen-bond donors (Lipinski definition) is 0. The van der Waals surface area contributed by atoms with Gasteiger partial charge in [0.2, 0.25) is 0 Å². The smallest absolute Gasteiger partial charge is 0.277 e. The molecule has 0 bridgehead atoms. The van der Waals surface area contributed by atoms with E-state index in [1.54, 1.807) is 18.2 Å². The number of aromatic nitrogens is 5. The molecule has 0 amide bonds. The largest absolute Gasteiger partial charge is 0.409 e. The summed E-state index contributed by atoms with van der Waals surface area (Å²) in [5.41, 5.74) is 2.11. The molecule has 0 atom stereocenters. The quantitative estimate of drug-likeness (QED) is 0.227. The van der Waals surface area contributed by atoms with E-state index in [1.807, 2.05) is 48.5 Å². The van der Waals surface area contributed by atoms with E-state index in [2.05, 4.69) is 20.3 Å². The minimum absolute atomic E-state index is 0.182. The second-order valence-corrected chi connectivity index (χ2v) is 8.83. The molecule has 7 nitrogen and oxygen atoms in total. The van der Waals surface area contributed by atoms with Crippen molar-refractivity contribution in [1.29, 1.82) is 0 Å². The molecule has 0 radical (unpaired) electrons. The van der Waals surface area contributed by atoms with Crippen LogP contribution in [0.15, 0.2) is 81.2 Å². The third kappa shape index (κ3) is 4.78. The normalized spacial score (nSPS) is 11.2. The number of thioether (sulfide) groups is 1. The number of pyridine rings is 1. The fraction of sp³-hybridized carbons (Fsp3) is 0.0870. The summed E-state index contributed by atoms with van der Waals surface area (Å²) < 4.78 is 7.31. The molecule has 0 unspecified atom stereocenters. The van der Waals surface area contributed by atoms with Crippen LogP contribution in [0.2, 0.25) is 10.3 Å². The van der Waals surface area contributed by atoms with Gasteiger partial charge in [0.25, 0.3) is 16.7 Å². The first-order valence-electron chi connectivity index (χ1n) is 9.89. The second-order valence-electron chi connectivity index (χ2n) is 7.13. The van der Waals surface area contributed by atoms with Gasteiger partial charge in [-0.15, -0.1) is 10.2 Å². The molecule has 0 aliphatic rings. The maximum atomic E-state index is 13.0. The van der Waals surface area contributed by atoms with Crippen molar-refractivity contribution in [1.82, 2.24) is 25.0 Å². The van der Waals surface area contributed by atoms with Gasteiger partial charge in [-0.3, -0.25) is 4.79 Å². The highest BCUT2D eigenvalue weighted by molar-refractivity contribution is 7.98. The van der Waals surface area contributed by atoms with Gasteiger partial charge < -0.3 is 4.42 Å². The monoisotopic (exact) mass is 495 g/mol. The molecule has 2 aromatic carbocycles. The van der Waals surface area contributed by atoms with Gasteiger partial charge in [-0.2, -0.15) is 5.10 Å². The first-order chi connectivity index (χ1) is 16.1. The van der Waals surface area contributed by atoms with E-state index in [9.17, 15) is 4.79 Å². The van der Waals surface area contributed by atoms with Crippen LogP contribution in [0.1, 0.15) is 11.1 Å². The van der Waals surface area contributed by atoms with E-state index in [4.69, 9.17) is 27.6 Å². The Hall–Kier alpha value is -3.20. The number of halogens is 2. The number of rotatable bonds is 6. The van der Waals surface area contributed by atoms with E-state index < -0.39 is 0 Å². The summed E-state index contributed by atoms with van der Waals surface area (Å²) in [5.74, 6) is 0.756. The van der Waals surface area contributed by atoms with Crippen molar-refractivity contribution in [2.45, 2.75) is 17.5 Å². The van der Waals surface area contributed by atoms with Crippen LogP contribution in [0.5, 0.6) is 0 Å². The molecule has 3 aromatic heterocycles. The van der Waals surface area contributed by atoms with E-state index in [1.165, 1.54) is 16.4 Å². The highest BCUT2D eigenvalue weighted by atomic mass is 35.5. The van der Waals surface area contributed by atoms with Crippen LogP contribution in [0.4, 0.5) is 0 Å². The van der Waals surface area contributed by atoms with Crippen molar-refractivity contribution >= 4 is 45.7 Å². The van der Waals surface area contributed by atoms with Crippen LogP contribution in [0, 0.1) is 0 Å². The molecule has 0 spiro atoms. The summed E-state index contributed by atoms with van der Waals surface area (Å²) in [6.45, 7) is 0.330. The summed E-state index contributed by atoms with van der Waals surface area (Å²) in [5, 5.41) is 15.1. The Morgan fingerprint density at radius 1 is 0.879 bits per heavy atom. The summed E-state index contributed by atoms with van der Waals surface area (Å²) >= 11 is 13.3. The lowest BCUT2D eigenvalue weighted by Crippen LogP contribution is -2.24. The van der Waals surface area contributed by atoms with E-state index in [-0.39, 0.29) is 11.4 Å². The van der Waals surface area contributed by atoms with Crippen LogP contribution in [-0.2, 0) is 12.3 Å². The molecule has 10 heteroatoms. The minimum atomic E-state index is -0.182. The molecular formula is C23H15Cl2N5O2S. The van der Waals surface area contributed by atoms with Crippen LogP contribution < -0.4 is 5.56 Å². The standard InChI is InChI=1S/C23H15Cl2N5O2S/c24-18-10-15(11-19(25)26-18)13-33-23-28-27-21(32-23)20-16-8-4-5-9-17(16)22(31)30(29-20)12-14-6-2-1-3-7-14/h1-11H,12-13H2. The average Bonchev–Trinajstić information content (AvgIpc) is 3.29. The Kier molecular flexibility index (Phi) is 6.13. The van der Waals surface area contributed by atoms with Gasteiger partial charge in [0.1, 0.15) is 10.3 Å². The molecule has 0 saturated heterocycles. The van der Waals surface area contributed by atoms with Gasteiger partial charge in [-0.1, -0.05) is 83.5 Å². The SMILES string of the molecule is O=c1c2ccccc2c(-c2nnc(SCc3cc(Cl)nc(Cl)c3)o2)nn1Cc1ccccc1. The Morgan fingerprint density at radius 3 is 2.33 bits per heavy atom. The zero-order chi connectivity index (χ0) is 22.8. The third-order valence-corrected chi connectivity index (χ3v) is 6.11. The Bertz CT molecular complexity index is 1480. The Morgan fingerprint density at radius 2 is 1.58 bits per heavy atom. The van der Waals surface area contributed by atoms with Gasteiger partial charge in [-0.25, -0.2) is 9.67 Å². The van der Waals surface area contributed by atoms with Crippen molar-refractivity contribution in [3.05, 3.63) is 98.5 Å². The predicted octanol–water partition coefficient (Wildman–Crippen LogP) is 5.49. The molecule has 33 heavy (non-hydrogen) atoms. The second kappa shape index (κ2) is 9.35. The molecule has 0 N–H and O–H groups in total. The fourth-order valence-electron chi connectivity index (χ4n) is 3.36. The van der Waals surface area contributed by atoms with Gasteiger partial charge >= 0.3 is 0 Å². The first-order valence-corrected chi connectivity index (χ1v) is 11.6. The van der Waals surface area contributed by atoms with Crippen molar-refractivity contribution in [3.8, 4) is 11.6 Å². The summed E-state index contributed by atoms with van der Waals surface area (Å²) in [4.78, 5) is 17.0. The molecule has 164 valence electrons. The molecule has 5 aromatic rings. The zero-order valence-electron chi connectivity index (χ0n) is 17.0. The van der Waals surface area contributed by atoms with Gasteiger partial charge in [0, 0.05) is 11.1 Å². The summed E-state index contributed by atoms with van der Waals surface area (Å²) in [6, 6.07) is 20.4. The van der Waals surface area contributed by atoms with Crippen LogP contribution in [-0.4, -0.2) is 25.0 Å². The van der Waals surface area contributed by atoms with Crippen LogP contribution in [0.25, 0.3) is 22.4 Å².